The Balaban J connectivity index is 1.54. The largest absolute Gasteiger partial charge is 0.497 e. The molecule has 0 saturated carbocycles. The van der Waals surface area contributed by atoms with Crippen molar-refractivity contribution in [2.45, 2.75) is 36.3 Å². The van der Waals surface area contributed by atoms with Crippen molar-refractivity contribution in [3.63, 3.8) is 0 Å². The minimum atomic E-state index is 0.856. The fourth-order valence-corrected chi connectivity index (χ4v) is 4.56. The van der Waals surface area contributed by atoms with Crippen LogP contribution in [0.3, 0.4) is 0 Å². The van der Waals surface area contributed by atoms with Crippen molar-refractivity contribution < 1.29 is 4.74 Å². The van der Waals surface area contributed by atoms with Crippen LogP contribution in [0.25, 0.3) is 0 Å². The van der Waals surface area contributed by atoms with E-state index in [1.54, 1.807) is 7.11 Å². The molecule has 1 aromatic carbocycles. The Morgan fingerprint density at radius 3 is 2.83 bits per heavy atom. The molecule has 98 valence electrons. The minimum Gasteiger partial charge on any atom is -0.497 e. The first-order valence-corrected chi connectivity index (χ1v) is 7.90. The summed E-state index contributed by atoms with van der Waals surface area (Å²) in [6, 6.07) is 9.37. The second kappa shape index (κ2) is 5.54. The molecule has 0 bridgehead atoms. The number of methoxy groups -OCH3 is 1. The van der Waals surface area contributed by atoms with E-state index in [-0.39, 0.29) is 0 Å². The van der Waals surface area contributed by atoms with Crippen LogP contribution in [0.4, 0.5) is 0 Å². The number of nitrogens with zero attached hydrogens (tertiary/aromatic N) is 1. The van der Waals surface area contributed by atoms with E-state index < -0.39 is 0 Å². The van der Waals surface area contributed by atoms with E-state index in [0.717, 1.165) is 22.8 Å². The molecule has 0 radical (unpaired) electrons. The van der Waals surface area contributed by atoms with E-state index in [2.05, 4.69) is 40.9 Å². The van der Waals surface area contributed by atoms with E-state index in [1.165, 1.54) is 37.9 Å². The number of rotatable bonds is 4. The van der Waals surface area contributed by atoms with Gasteiger partial charge in [0.25, 0.3) is 0 Å². The fourth-order valence-electron chi connectivity index (χ4n) is 3.16. The Bertz CT molecular complexity index is 392. The zero-order valence-electron chi connectivity index (χ0n) is 11.0. The first-order valence-electron chi connectivity index (χ1n) is 6.85. The van der Waals surface area contributed by atoms with Crippen molar-refractivity contribution in [3.8, 4) is 5.75 Å². The van der Waals surface area contributed by atoms with Crippen LogP contribution in [0.5, 0.6) is 5.75 Å². The van der Waals surface area contributed by atoms with Crippen molar-refractivity contribution in [2.75, 3.05) is 20.2 Å². The monoisotopic (exact) mass is 263 g/mol. The number of hydrogen-bond acceptors (Lipinski definition) is 3. The molecule has 2 fully saturated rings. The van der Waals surface area contributed by atoms with Gasteiger partial charge in [-0.1, -0.05) is 12.1 Å². The van der Waals surface area contributed by atoms with Crippen LogP contribution in [0, 0.1) is 0 Å². The molecule has 0 aromatic heterocycles. The van der Waals surface area contributed by atoms with Gasteiger partial charge in [-0.15, -0.1) is 0 Å². The van der Waals surface area contributed by atoms with Gasteiger partial charge in [-0.25, -0.2) is 0 Å². The summed E-state index contributed by atoms with van der Waals surface area (Å²) < 4.78 is 5.19. The van der Waals surface area contributed by atoms with E-state index in [1.807, 2.05) is 0 Å². The topological polar surface area (TPSA) is 12.5 Å². The molecule has 0 N–H and O–H groups in total. The summed E-state index contributed by atoms with van der Waals surface area (Å²) in [5.74, 6) is 2.09. The maximum absolute atomic E-state index is 5.19. The van der Waals surface area contributed by atoms with E-state index in [0.29, 0.717) is 0 Å². The molecule has 2 aliphatic rings. The minimum absolute atomic E-state index is 0.856. The molecule has 3 heteroatoms. The molecule has 2 nitrogen and oxygen atoms in total. The smallest absolute Gasteiger partial charge is 0.118 e. The summed E-state index contributed by atoms with van der Waals surface area (Å²) in [6.07, 6.45) is 4.20. The predicted octanol–water partition coefficient (Wildman–Crippen LogP) is 3.17. The summed E-state index contributed by atoms with van der Waals surface area (Å²) in [5, 5.41) is 0.856. The van der Waals surface area contributed by atoms with Crippen LogP contribution in [0.15, 0.2) is 24.3 Å². The average molecular weight is 263 g/mol. The van der Waals surface area contributed by atoms with E-state index >= 15 is 0 Å². The van der Waals surface area contributed by atoms with Gasteiger partial charge < -0.3 is 4.74 Å². The van der Waals surface area contributed by atoms with Crippen molar-refractivity contribution >= 4 is 11.8 Å². The third-order valence-corrected chi connectivity index (χ3v) is 5.65. The van der Waals surface area contributed by atoms with Gasteiger partial charge in [0.1, 0.15) is 5.75 Å². The first kappa shape index (κ1) is 12.4. The number of ether oxygens (including phenoxy) is 1. The molecule has 0 aliphatic carbocycles. The molecule has 0 amide bonds. The highest BCUT2D eigenvalue weighted by molar-refractivity contribution is 7.99. The quantitative estimate of drug-likeness (QED) is 0.828. The Labute approximate surface area is 114 Å². The molecule has 1 unspecified atom stereocenters. The van der Waals surface area contributed by atoms with Crippen LogP contribution < -0.4 is 4.74 Å². The SMILES string of the molecule is COc1ccc(CSC2CCN3CCC[C@@H]23)cc1. The molecule has 3 rings (SSSR count). The van der Waals surface area contributed by atoms with E-state index in [9.17, 15) is 0 Å². The number of hydrogen-bond donors (Lipinski definition) is 0. The number of fused-ring (bicyclic) bond motifs is 1. The van der Waals surface area contributed by atoms with Crippen LogP contribution in [0.2, 0.25) is 0 Å². The molecule has 2 aliphatic heterocycles. The summed E-state index contributed by atoms with van der Waals surface area (Å²) >= 11 is 2.14. The van der Waals surface area contributed by atoms with Crippen molar-refractivity contribution in [2.24, 2.45) is 0 Å². The van der Waals surface area contributed by atoms with Crippen LogP contribution >= 0.6 is 11.8 Å². The van der Waals surface area contributed by atoms with E-state index in [4.69, 9.17) is 4.74 Å². The average Bonchev–Trinajstić information content (AvgIpc) is 3.00. The van der Waals surface area contributed by atoms with Crippen LogP contribution in [0.1, 0.15) is 24.8 Å². The van der Waals surface area contributed by atoms with Crippen LogP contribution in [-0.2, 0) is 5.75 Å². The normalized spacial score (nSPS) is 27.4. The fraction of sp³-hybridized carbons (Fsp3) is 0.600. The summed E-state index contributed by atoms with van der Waals surface area (Å²) in [4.78, 5) is 2.69. The van der Waals surface area contributed by atoms with Crippen molar-refractivity contribution in [1.29, 1.82) is 0 Å². The maximum Gasteiger partial charge on any atom is 0.118 e. The highest BCUT2D eigenvalue weighted by Gasteiger charge is 2.36. The van der Waals surface area contributed by atoms with Crippen LogP contribution in [-0.4, -0.2) is 36.4 Å². The van der Waals surface area contributed by atoms with Gasteiger partial charge in [-0.3, -0.25) is 4.90 Å². The second-order valence-corrected chi connectivity index (χ2v) is 6.46. The molecule has 2 saturated heterocycles. The lowest BCUT2D eigenvalue weighted by atomic mass is 10.1. The van der Waals surface area contributed by atoms with Gasteiger partial charge in [0.2, 0.25) is 0 Å². The molecule has 2 atom stereocenters. The lowest BCUT2D eigenvalue weighted by molar-refractivity contribution is 0.327. The van der Waals surface area contributed by atoms with Crippen molar-refractivity contribution in [3.05, 3.63) is 29.8 Å². The highest BCUT2D eigenvalue weighted by atomic mass is 32.2. The first-order chi connectivity index (χ1) is 8.86. The number of thioether (sulfide) groups is 1. The highest BCUT2D eigenvalue weighted by Crippen LogP contribution is 2.36. The Hall–Kier alpha value is -0.670. The molecule has 0 spiro atoms. The predicted molar refractivity (Wildman–Crippen MR) is 77.3 cm³/mol. The summed E-state index contributed by atoms with van der Waals surface area (Å²) in [5.41, 5.74) is 1.41. The maximum atomic E-state index is 5.19. The van der Waals surface area contributed by atoms with Gasteiger partial charge in [0.05, 0.1) is 7.11 Å². The van der Waals surface area contributed by atoms with Crippen molar-refractivity contribution in [1.82, 2.24) is 4.90 Å². The Morgan fingerprint density at radius 2 is 2.06 bits per heavy atom. The lowest BCUT2D eigenvalue weighted by Crippen LogP contribution is -2.27. The summed E-state index contributed by atoms with van der Waals surface area (Å²) in [6.45, 7) is 2.66. The molecule has 2 heterocycles. The van der Waals surface area contributed by atoms with Gasteiger partial charge >= 0.3 is 0 Å². The molecule has 1 aromatic rings. The standard InChI is InChI=1S/C15H21NOS/c1-17-13-6-4-12(5-7-13)11-18-15-8-10-16-9-2-3-14(15)16/h4-7,14-15H,2-3,8-11H2,1H3/t14-,15?/m0/s1. The third-order valence-electron chi connectivity index (χ3n) is 4.17. The zero-order chi connectivity index (χ0) is 12.4. The third kappa shape index (κ3) is 2.52. The number of benzene rings is 1. The molecular formula is C15H21NOS. The van der Waals surface area contributed by atoms with Gasteiger partial charge in [0, 0.05) is 17.0 Å². The second-order valence-electron chi connectivity index (χ2n) is 5.23. The molecule has 18 heavy (non-hydrogen) atoms. The Morgan fingerprint density at radius 1 is 1.22 bits per heavy atom. The zero-order valence-corrected chi connectivity index (χ0v) is 11.8. The summed E-state index contributed by atoms with van der Waals surface area (Å²) in [7, 11) is 1.72. The Kier molecular flexibility index (Phi) is 3.80. The van der Waals surface area contributed by atoms with Gasteiger partial charge in [-0.2, -0.15) is 11.8 Å². The van der Waals surface area contributed by atoms with Gasteiger partial charge in [0.15, 0.2) is 0 Å². The van der Waals surface area contributed by atoms with Gasteiger partial charge in [-0.05, 0) is 50.0 Å². The molecular weight excluding hydrogens is 242 g/mol. The lowest BCUT2D eigenvalue weighted by Gasteiger charge is -2.19.